The molecule has 106 valence electrons. The van der Waals surface area contributed by atoms with Crippen LogP contribution in [0.1, 0.15) is 18.6 Å². The third-order valence-corrected chi connectivity index (χ3v) is 3.51. The predicted octanol–water partition coefficient (Wildman–Crippen LogP) is 3.63. The normalized spacial score (nSPS) is 13.8. The molecular formula is C17H20FNO. The van der Waals surface area contributed by atoms with Gasteiger partial charge in [0.1, 0.15) is 5.82 Å². The van der Waals surface area contributed by atoms with Gasteiger partial charge in [0.2, 0.25) is 0 Å². The van der Waals surface area contributed by atoms with Crippen LogP contribution in [-0.2, 0) is 0 Å². The number of anilines is 1. The molecule has 2 rings (SSSR count). The SMILES string of the molecule is CC(CN(C)c1ccccc1F)C(O)c1ccccc1. The van der Waals surface area contributed by atoms with Crippen molar-refractivity contribution in [2.24, 2.45) is 5.92 Å². The molecule has 0 saturated heterocycles. The lowest BCUT2D eigenvalue weighted by Crippen LogP contribution is -2.28. The third kappa shape index (κ3) is 3.36. The molecule has 0 aliphatic heterocycles. The van der Waals surface area contributed by atoms with Crippen LogP contribution in [0.15, 0.2) is 54.6 Å². The third-order valence-electron chi connectivity index (χ3n) is 3.51. The Balaban J connectivity index is 2.04. The van der Waals surface area contributed by atoms with E-state index in [0.29, 0.717) is 12.2 Å². The Morgan fingerprint density at radius 1 is 1.05 bits per heavy atom. The first-order valence-electron chi connectivity index (χ1n) is 6.78. The molecule has 20 heavy (non-hydrogen) atoms. The number of nitrogens with zero attached hydrogens (tertiary/aromatic N) is 1. The molecule has 2 nitrogen and oxygen atoms in total. The molecule has 2 atom stereocenters. The minimum Gasteiger partial charge on any atom is -0.388 e. The van der Waals surface area contributed by atoms with Crippen molar-refractivity contribution in [3.63, 3.8) is 0 Å². The van der Waals surface area contributed by atoms with Crippen LogP contribution in [0.2, 0.25) is 0 Å². The van der Waals surface area contributed by atoms with Gasteiger partial charge in [-0.1, -0.05) is 49.4 Å². The van der Waals surface area contributed by atoms with E-state index in [0.717, 1.165) is 5.56 Å². The smallest absolute Gasteiger partial charge is 0.146 e. The highest BCUT2D eigenvalue weighted by molar-refractivity contribution is 5.46. The maximum absolute atomic E-state index is 13.7. The summed E-state index contributed by atoms with van der Waals surface area (Å²) < 4.78 is 13.7. The van der Waals surface area contributed by atoms with E-state index in [-0.39, 0.29) is 11.7 Å². The molecule has 2 unspecified atom stereocenters. The van der Waals surface area contributed by atoms with Crippen molar-refractivity contribution in [2.45, 2.75) is 13.0 Å². The number of para-hydroxylation sites is 1. The van der Waals surface area contributed by atoms with Crippen LogP contribution < -0.4 is 4.90 Å². The first-order chi connectivity index (χ1) is 9.59. The van der Waals surface area contributed by atoms with Crippen LogP contribution in [0.25, 0.3) is 0 Å². The standard InChI is InChI=1S/C17H20FNO/c1-13(17(20)14-8-4-3-5-9-14)12-19(2)16-11-7-6-10-15(16)18/h3-11,13,17,20H,12H2,1-2H3. The number of aliphatic hydroxyl groups is 1. The Hall–Kier alpha value is -1.87. The lowest BCUT2D eigenvalue weighted by molar-refractivity contribution is 0.121. The molecule has 0 amide bonds. The number of hydrogen-bond acceptors (Lipinski definition) is 2. The average molecular weight is 273 g/mol. The van der Waals surface area contributed by atoms with Crippen molar-refractivity contribution in [1.29, 1.82) is 0 Å². The molecule has 0 bridgehead atoms. The number of halogens is 1. The maximum Gasteiger partial charge on any atom is 0.146 e. The van der Waals surface area contributed by atoms with E-state index in [2.05, 4.69) is 0 Å². The molecule has 0 spiro atoms. The van der Waals surface area contributed by atoms with E-state index >= 15 is 0 Å². The monoisotopic (exact) mass is 273 g/mol. The second kappa shape index (κ2) is 6.53. The molecule has 0 aliphatic rings. The molecule has 0 fully saturated rings. The molecule has 0 aliphatic carbocycles. The largest absolute Gasteiger partial charge is 0.388 e. The van der Waals surface area contributed by atoms with Gasteiger partial charge in [0.05, 0.1) is 11.8 Å². The van der Waals surface area contributed by atoms with Crippen LogP contribution in [0.4, 0.5) is 10.1 Å². The fourth-order valence-electron chi connectivity index (χ4n) is 2.37. The first kappa shape index (κ1) is 14.5. The Kier molecular flexibility index (Phi) is 4.74. The number of aliphatic hydroxyl groups excluding tert-OH is 1. The second-order valence-electron chi connectivity index (χ2n) is 5.16. The lowest BCUT2D eigenvalue weighted by Gasteiger charge is -2.27. The highest BCUT2D eigenvalue weighted by atomic mass is 19.1. The summed E-state index contributed by atoms with van der Waals surface area (Å²) in [6, 6.07) is 16.2. The van der Waals surface area contributed by atoms with E-state index in [1.54, 1.807) is 12.1 Å². The minimum atomic E-state index is -0.551. The maximum atomic E-state index is 13.7. The average Bonchev–Trinajstić information content (AvgIpc) is 2.47. The number of benzene rings is 2. The Bertz CT molecular complexity index is 544. The van der Waals surface area contributed by atoms with E-state index in [1.807, 2.05) is 55.3 Å². The van der Waals surface area contributed by atoms with Crippen molar-refractivity contribution in [1.82, 2.24) is 0 Å². The molecule has 1 N–H and O–H groups in total. The molecule has 2 aromatic rings. The highest BCUT2D eigenvalue weighted by Crippen LogP contribution is 2.25. The summed E-state index contributed by atoms with van der Waals surface area (Å²) in [6.07, 6.45) is -0.551. The Morgan fingerprint density at radius 3 is 2.30 bits per heavy atom. The van der Waals surface area contributed by atoms with Crippen LogP contribution in [0, 0.1) is 11.7 Å². The zero-order valence-electron chi connectivity index (χ0n) is 11.8. The van der Waals surface area contributed by atoms with Gasteiger partial charge < -0.3 is 10.0 Å². The van der Waals surface area contributed by atoms with E-state index in [1.165, 1.54) is 6.07 Å². The molecule has 0 aromatic heterocycles. The van der Waals surface area contributed by atoms with Gasteiger partial charge in [-0.25, -0.2) is 4.39 Å². The molecule has 3 heteroatoms. The molecule has 0 heterocycles. The lowest BCUT2D eigenvalue weighted by atomic mass is 9.97. The highest BCUT2D eigenvalue weighted by Gasteiger charge is 2.19. The zero-order valence-corrected chi connectivity index (χ0v) is 11.8. The van der Waals surface area contributed by atoms with Crippen LogP contribution in [0.3, 0.4) is 0 Å². The van der Waals surface area contributed by atoms with Gasteiger partial charge in [-0.15, -0.1) is 0 Å². The van der Waals surface area contributed by atoms with Gasteiger partial charge in [-0.2, -0.15) is 0 Å². The number of hydrogen-bond donors (Lipinski definition) is 1. The van der Waals surface area contributed by atoms with Gasteiger partial charge in [0.25, 0.3) is 0 Å². The molecule has 0 saturated carbocycles. The quantitative estimate of drug-likeness (QED) is 0.899. The summed E-state index contributed by atoms with van der Waals surface area (Å²) in [4.78, 5) is 1.84. The van der Waals surface area contributed by atoms with Crippen molar-refractivity contribution in [2.75, 3.05) is 18.5 Å². The molecular weight excluding hydrogens is 253 g/mol. The van der Waals surface area contributed by atoms with Gasteiger partial charge in [-0.3, -0.25) is 0 Å². The fraction of sp³-hybridized carbons (Fsp3) is 0.294. The van der Waals surface area contributed by atoms with Crippen molar-refractivity contribution in [3.05, 3.63) is 66.0 Å². The van der Waals surface area contributed by atoms with Gasteiger partial charge in [0.15, 0.2) is 0 Å². The summed E-state index contributed by atoms with van der Waals surface area (Å²) in [5, 5.41) is 10.3. The van der Waals surface area contributed by atoms with Gasteiger partial charge in [-0.05, 0) is 17.7 Å². The fourth-order valence-corrected chi connectivity index (χ4v) is 2.37. The summed E-state index contributed by atoms with van der Waals surface area (Å²) in [6.45, 7) is 2.55. The van der Waals surface area contributed by atoms with Crippen LogP contribution in [-0.4, -0.2) is 18.7 Å². The van der Waals surface area contributed by atoms with Crippen LogP contribution in [0.5, 0.6) is 0 Å². The van der Waals surface area contributed by atoms with Crippen molar-refractivity contribution < 1.29 is 9.50 Å². The van der Waals surface area contributed by atoms with Crippen molar-refractivity contribution >= 4 is 5.69 Å². The summed E-state index contributed by atoms with van der Waals surface area (Å²) in [5.74, 6) is -0.238. The topological polar surface area (TPSA) is 23.5 Å². The van der Waals surface area contributed by atoms with Gasteiger partial charge >= 0.3 is 0 Å². The minimum absolute atomic E-state index is 0.00186. The Labute approximate surface area is 119 Å². The summed E-state index contributed by atoms with van der Waals surface area (Å²) in [7, 11) is 1.84. The van der Waals surface area contributed by atoms with Crippen LogP contribution >= 0.6 is 0 Å². The predicted molar refractivity (Wildman–Crippen MR) is 80.2 cm³/mol. The first-order valence-corrected chi connectivity index (χ1v) is 6.78. The van der Waals surface area contributed by atoms with E-state index < -0.39 is 6.10 Å². The molecule has 2 aromatic carbocycles. The Morgan fingerprint density at radius 2 is 1.65 bits per heavy atom. The van der Waals surface area contributed by atoms with Crippen molar-refractivity contribution in [3.8, 4) is 0 Å². The van der Waals surface area contributed by atoms with Gasteiger partial charge in [0, 0.05) is 19.5 Å². The second-order valence-corrected chi connectivity index (χ2v) is 5.16. The summed E-state index contributed by atoms with van der Waals surface area (Å²) >= 11 is 0. The van der Waals surface area contributed by atoms with E-state index in [9.17, 15) is 9.50 Å². The summed E-state index contributed by atoms with van der Waals surface area (Å²) in [5.41, 5.74) is 1.45. The zero-order chi connectivity index (χ0) is 14.5. The molecule has 0 radical (unpaired) electrons. The van der Waals surface area contributed by atoms with E-state index in [4.69, 9.17) is 0 Å². The number of rotatable bonds is 5.